The number of benzene rings is 1. The summed E-state index contributed by atoms with van der Waals surface area (Å²) >= 11 is 1.49. The smallest absolute Gasteiger partial charge is 0.340 e. The molecule has 1 heterocycles. The highest BCUT2D eigenvalue weighted by molar-refractivity contribution is 7.15. The number of nitrogen functional groups attached to an aromatic ring is 1. The van der Waals surface area contributed by atoms with Gasteiger partial charge >= 0.3 is 5.97 Å². The van der Waals surface area contributed by atoms with Gasteiger partial charge < -0.3 is 15.8 Å². The molecule has 3 N–H and O–H groups in total. The summed E-state index contributed by atoms with van der Waals surface area (Å²) in [5.74, 6) is -0.432. The van der Waals surface area contributed by atoms with Gasteiger partial charge in [-0.15, -0.1) is 11.3 Å². The summed E-state index contributed by atoms with van der Waals surface area (Å²) in [6.07, 6.45) is 1.75. The van der Waals surface area contributed by atoms with Crippen LogP contribution < -0.4 is 11.1 Å². The molecular formula is C12H13N3O2S. The summed E-state index contributed by atoms with van der Waals surface area (Å²) in [5, 5.41) is 3.75. The monoisotopic (exact) mass is 263 g/mol. The van der Waals surface area contributed by atoms with Crippen molar-refractivity contribution in [2.75, 3.05) is 18.2 Å². The third-order valence-corrected chi connectivity index (χ3v) is 3.18. The molecule has 0 saturated heterocycles. The zero-order chi connectivity index (χ0) is 13.1. The Kier molecular flexibility index (Phi) is 3.47. The van der Waals surface area contributed by atoms with Crippen molar-refractivity contribution in [1.82, 2.24) is 4.98 Å². The van der Waals surface area contributed by atoms with Crippen LogP contribution in [0.25, 0.3) is 0 Å². The van der Waals surface area contributed by atoms with Crippen molar-refractivity contribution >= 4 is 33.8 Å². The molecule has 0 aliphatic heterocycles. The van der Waals surface area contributed by atoms with Gasteiger partial charge in [0.25, 0.3) is 0 Å². The number of carbonyl (C=O) groups is 1. The molecule has 0 bridgehead atoms. The van der Waals surface area contributed by atoms with Crippen LogP contribution in [0.1, 0.15) is 15.2 Å². The number of carbonyl (C=O) groups excluding carboxylic acids is 1. The Balaban J connectivity index is 2.39. The minimum absolute atomic E-state index is 0.394. The van der Waals surface area contributed by atoms with Crippen molar-refractivity contribution < 1.29 is 9.53 Å². The molecule has 1 aromatic heterocycles. The molecule has 1 aromatic carbocycles. The van der Waals surface area contributed by atoms with E-state index < -0.39 is 5.97 Å². The molecule has 6 heteroatoms. The molecular weight excluding hydrogens is 250 g/mol. The highest BCUT2D eigenvalue weighted by Crippen LogP contribution is 2.29. The molecule has 2 aromatic rings. The van der Waals surface area contributed by atoms with Crippen LogP contribution in [0.2, 0.25) is 0 Å². The van der Waals surface area contributed by atoms with Crippen LogP contribution in [0.3, 0.4) is 0 Å². The van der Waals surface area contributed by atoms with E-state index in [1.807, 2.05) is 6.92 Å². The van der Waals surface area contributed by atoms with Crippen LogP contribution in [0.5, 0.6) is 0 Å². The number of rotatable bonds is 3. The third-order valence-electron chi connectivity index (χ3n) is 2.36. The van der Waals surface area contributed by atoms with Crippen molar-refractivity contribution in [3.63, 3.8) is 0 Å². The molecule has 0 fully saturated rings. The molecule has 0 spiro atoms. The first-order valence-electron chi connectivity index (χ1n) is 5.28. The predicted molar refractivity (Wildman–Crippen MR) is 72.3 cm³/mol. The number of methoxy groups -OCH3 is 1. The Morgan fingerprint density at radius 3 is 2.89 bits per heavy atom. The maximum Gasteiger partial charge on any atom is 0.340 e. The largest absolute Gasteiger partial charge is 0.465 e. The Bertz CT molecular complexity index is 580. The maximum absolute atomic E-state index is 11.6. The van der Waals surface area contributed by atoms with Gasteiger partial charge in [0.05, 0.1) is 24.0 Å². The van der Waals surface area contributed by atoms with Gasteiger partial charge in [0.15, 0.2) is 5.13 Å². The second-order valence-electron chi connectivity index (χ2n) is 3.66. The van der Waals surface area contributed by atoms with Crippen LogP contribution in [-0.2, 0) is 4.74 Å². The van der Waals surface area contributed by atoms with E-state index in [1.165, 1.54) is 18.4 Å². The zero-order valence-corrected chi connectivity index (χ0v) is 10.9. The van der Waals surface area contributed by atoms with E-state index in [9.17, 15) is 4.79 Å². The van der Waals surface area contributed by atoms with Crippen LogP contribution in [-0.4, -0.2) is 18.1 Å². The van der Waals surface area contributed by atoms with E-state index in [1.54, 1.807) is 24.4 Å². The first-order valence-corrected chi connectivity index (χ1v) is 6.09. The Labute approximate surface area is 109 Å². The number of hydrogen-bond acceptors (Lipinski definition) is 6. The predicted octanol–water partition coefficient (Wildman–Crippen LogP) is 2.56. The van der Waals surface area contributed by atoms with E-state index in [4.69, 9.17) is 10.5 Å². The van der Waals surface area contributed by atoms with Crippen molar-refractivity contribution in [2.45, 2.75) is 6.92 Å². The standard InChI is InChI=1S/C12H13N3O2S/c1-7-6-14-12(18-7)15-10-8(11(16)17-2)4-3-5-9(10)13/h3-6H,13H2,1-2H3,(H,14,15). The average Bonchev–Trinajstić information content (AvgIpc) is 2.76. The number of nitrogens with two attached hydrogens (primary N) is 1. The van der Waals surface area contributed by atoms with Gasteiger partial charge in [-0.25, -0.2) is 9.78 Å². The first kappa shape index (κ1) is 12.4. The normalized spacial score (nSPS) is 10.1. The summed E-state index contributed by atoms with van der Waals surface area (Å²) in [6.45, 7) is 1.96. The third kappa shape index (κ3) is 2.43. The van der Waals surface area contributed by atoms with Gasteiger partial charge in [0.1, 0.15) is 0 Å². The molecule has 2 rings (SSSR count). The number of aromatic nitrogens is 1. The molecule has 94 valence electrons. The number of aryl methyl sites for hydroxylation is 1. The molecule has 0 unspecified atom stereocenters. The number of nitrogens with zero attached hydrogens (tertiary/aromatic N) is 1. The van der Waals surface area contributed by atoms with E-state index in [0.717, 1.165) is 4.88 Å². The van der Waals surface area contributed by atoms with E-state index >= 15 is 0 Å². The number of para-hydroxylation sites is 1. The molecule has 5 nitrogen and oxygen atoms in total. The molecule has 0 aliphatic carbocycles. The summed E-state index contributed by atoms with van der Waals surface area (Å²) in [7, 11) is 1.34. The highest BCUT2D eigenvalue weighted by atomic mass is 32.1. The highest BCUT2D eigenvalue weighted by Gasteiger charge is 2.15. The SMILES string of the molecule is COC(=O)c1cccc(N)c1Nc1ncc(C)s1. The molecule has 0 saturated carbocycles. The van der Waals surface area contributed by atoms with Crippen molar-refractivity contribution in [3.8, 4) is 0 Å². The lowest BCUT2D eigenvalue weighted by Gasteiger charge is -2.11. The lowest BCUT2D eigenvalue weighted by atomic mass is 10.1. The minimum atomic E-state index is -0.432. The van der Waals surface area contributed by atoms with Crippen molar-refractivity contribution in [1.29, 1.82) is 0 Å². The van der Waals surface area contributed by atoms with E-state index in [-0.39, 0.29) is 0 Å². The number of anilines is 3. The van der Waals surface area contributed by atoms with Crippen LogP contribution in [0, 0.1) is 6.92 Å². The summed E-state index contributed by atoms with van der Waals surface area (Å²) in [6, 6.07) is 5.08. The van der Waals surface area contributed by atoms with Crippen molar-refractivity contribution in [3.05, 3.63) is 34.8 Å². The number of nitrogens with one attached hydrogen (secondary N) is 1. The molecule has 0 amide bonds. The quantitative estimate of drug-likeness (QED) is 0.657. The lowest BCUT2D eigenvalue weighted by molar-refractivity contribution is 0.0602. The van der Waals surface area contributed by atoms with Gasteiger partial charge in [-0.1, -0.05) is 6.07 Å². The summed E-state index contributed by atoms with van der Waals surface area (Å²) < 4.78 is 4.72. The van der Waals surface area contributed by atoms with Crippen LogP contribution >= 0.6 is 11.3 Å². The number of ether oxygens (including phenoxy) is 1. The van der Waals surface area contributed by atoms with Gasteiger partial charge in [-0.3, -0.25) is 0 Å². The average molecular weight is 263 g/mol. The molecule has 0 radical (unpaired) electrons. The number of thiazole rings is 1. The van der Waals surface area contributed by atoms with Gasteiger partial charge in [0.2, 0.25) is 0 Å². The Morgan fingerprint density at radius 2 is 2.28 bits per heavy atom. The second-order valence-corrected chi connectivity index (χ2v) is 4.90. The fourth-order valence-corrected chi connectivity index (χ4v) is 2.18. The molecule has 18 heavy (non-hydrogen) atoms. The fraction of sp³-hybridized carbons (Fsp3) is 0.167. The van der Waals surface area contributed by atoms with E-state index in [2.05, 4.69) is 10.3 Å². The fourth-order valence-electron chi connectivity index (χ4n) is 1.51. The van der Waals surface area contributed by atoms with Crippen LogP contribution in [0.15, 0.2) is 24.4 Å². The zero-order valence-electron chi connectivity index (χ0n) is 10.1. The van der Waals surface area contributed by atoms with Gasteiger partial charge in [-0.05, 0) is 19.1 Å². The minimum Gasteiger partial charge on any atom is -0.465 e. The Hall–Kier alpha value is -2.08. The molecule has 0 atom stereocenters. The lowest BCUT2D eigenvalue weighted by Crippen LogP contribution is -2.07. The number of esters is 1. The Morgan fingerprint density at radius 1 is 1.50 bits per heavy atom. The van der Waals surface area contributed by atoms with E-state index in [0.29, 0.717) is 22.1 Å². The first-order chi connectivity index (χ1) is 8.61. The summed E-state index contributed by atoms with van der Waals surface area (Å²) in [5.41, 5.74) is 7.27. The second kappa shape index (κ2) is 5.05. The van der Waals surface area contributed by atoms with Gasteiger partial charge in [-0.2, -0.15) is 0 Å². The maximum atomic E-state index is 11.6. The van der Waals surface area contributed by atoms with Crippen molar-refractivity contribution in [2.24, 2.45) is 0 Å². The molecule has 0 aliphatic rings. The van der Waals surface area contributed by atoms with Crippen LogP contribution in [0.4, 0.5) is 16.5 Å². The number of hydrogen-bond donors (Lipinski definition) is 2. The summed E-state index contributed by atoms with van der Waals surface area (Å²) in [4.78, 5) is 16.9. The van der Waals surface area contributed by atoms with Gasteiger partial charge in [0, 0.05) is 11.1 Å². The topological polar surface area (TPSA) is 77.2 Å².